The quantitative estimate of drug-likeness (QED) is 0.457. The van der Waals surface area contributed by atoms with Gasteiger partial charge >= 0.3 is 7.82 Å². The molecule has 58 valence electrons. The van der Waals surface area contributed by atoms with Crippen molar-refractivity contribution in [1.82, 2.24) is 0 Å². The van der Waals surface area contributed by atoms with Crippen molar-refractivity contribution in [2.75, 3.05) is 13.7 Å². The van der Waals surface area contributed by atoms with Crippen LogP contribution in [0.3, 0.4) is 0 Å². The Morgan fingerprint density at radius 1 is 1.56 bits per heavy atom. The summed E-state index contributed by atoms with van der Waals surface area (Å²) in [6.07, 6.45) is 0. The molecule has 9 heavy (non-hydrogen) atoms. The topological polar surface area (TPSA) is 87.0 Å². The van der Waals surface area contributed by atoms with Gasteiger partial charge in [0.2, 0.25) is 0 Å². The Kier molecular flexibility index (Phi) is 8.13. The zero-order chi connectivity index (χ0) is 7.91. The van der Waals surface area contributed by atoms with Gasteiger partial charge in [0, 0.05) is 13.7 Å². The molecule has 0 fully saturated rings. The van der Waals surface area contributed by atoms with Gasteiger partial charge < -0.3 is 14.9 Å². The van der Waals surface area contributed by atoms with E-state index in [2.05, 4.69) is 4.52 Å². The molecule has 0 aliphatic rings. The van der Waals surface area contributed by atoms with Gasteiger partial charge in [-0.15, -0.1) is 0 Å². The number of aliphatic hydroxyl groups is 1. The van der Waals surface area contributed by atoms with Crippen LogP contribution in [0, 0.1) is 0 Å². The van der Waals surface area contributed by atoms with Crippen LogP contribution >= 0.6 is 7.82 Å². The largest absolute Gasteiger partial charge is 0.469 e. The number of hydrogen-bond donors (Lipinski definition) is 3. The Labute approximate surface area is 53.5 Å². The van der Waals surface area contributed by atoms with Crippen molar-refractivity contribution in [3.63, 3.8) is 0 Å². The van der Waals surface area contributed by atoms with Crippen LogP contribution in [0.2, 0.25) is 0 Å². The Bertz CT molecular complexity index is 86.2. The summed E-state index contributed by atoms with van der Waals surface area (Å²) in [5.74, 6) is 0. The van der Waals surface area contributed by atoms with Crippen LogP contribution in [-0.4, -0.2) is 28.6 Å². The van der Waals surface area contributed by atoms with Crippen molar-refractivity contribution < 1.29 is 24.0 Å². The van der Waals surface area contributed by atoms with Crippen LogP contribution in [0.15, 0.2) is 0 Å². The number of phosphoric acid groups is 1. The third-order valence-corrected chi connectivity index (χ3v) is 0.714. The molecule has 0 rings (SSSR count). The molecular weight excluding hydrogens is 147 g/mol. The van der Waals surface area contributed by atoms with E-state index in [-0.39, 0.29) is 6.61 Å². The van der Waals surface area contributed by atoms with E-state index in [0.717, 1.165) is 7.11 Å². The molecule has 0 radical (unpaired) electrons. The number of aliphatic hydroxyl groups excluding tert-OH is 1. The van der Waals surface area contributed by atoms with Gasteiger partial charge in [-0.1, -0.05) is 0 Å². The lowest BCUT2D eigenvalue weighted by Gasteiger charge is -1.93. The highest BCUT2D eigenvalue weighted by Crippen LogP contribution is 2.33. The van der Waals surface area contributed by atoms with Crippen LogP contribution in [0.1, 0.15) is 6.92 Å². The van der Waals surface area contributed by atoms with Crippen molar-refractivity contribution in [3.05, 3.63) is 0 Å². The molecule has 3 N–H and O–H groups in total. The molecule has 0 aliphatic heterocycles. The molecule has 0 heterocycles. The van der Waals surface area contributed by atoms with E-state index in [9.17, 15) is 4.57 Å². The van der Waals surface area contributed by atoms with Gasteiger partial charge in [0.25, 0.3) is 0 Å². The van der Waals surface area contributed by atoms with Gasteiger partial charge in [0.05, 0.1) is 0 Å². The maximum atomic E-state index is 9.47. The first-order valence-electron chi connectivity index (χ1n) is 2.20. The van der Waals surface area contributed by atoms with Crippen LogP contribution in [0.5, 0.6) is 0 Å². The first kappa shape index (κ1) is 11.8. The Morgan fingerprint density at radius 2 is 1.67 bits per heavy atom. The van der Waals surface area contributed by atoms with E-state index >= 15 is 0 Å². The highest BCUT2D eigenvalue weighted by molar-refractivity contribution is 7.46. The summed E-state index contributed by atoms with van der Waals surface area (Å²) >= 11 is 0. The molecule has 0 unspecified atom stereocenters. The molecule has 5 nitrogen and oxygen atoms in total. The zero-order valence-corrected chi connectivity index (χ0v) is 6.21. The smallest absolute Gasteiger partial charge is 0.397 e. The highest BCUT2D eigenvalue weighted by Gasteiger charge is 2.07. The molecular formula is C3H11O5P. The van der Waals surface area contributed by atoms with Crippen molar-refractivity contribution in [2.24, 2.45) is 0 Å². The first-order valence-corrected chi connectivity index (χ1v) is 3.73. The predicted molar refractivity (Wildman–Crippen MR) is 31.8 cm³/mol. The fraction of sp³-hybridized carbons (Fsp3) is 1.00. The second kappa shape index (κ2) is 6.19. The Morgan fingerprint density at radius 3 is 1.67 bits per heavy atom. The molecule has 0 amide bonds. The van der Waals surface area contributed by atoms with Crippen molar-refractivity contribution in [2.45, 2.75) is 6.92 Å². The Balaban J connectivity index is 0. The maximum absolute atomic E-state index is 9.47. The van der Waals surface area contributed by atoms with Gasteiger partial charge in [-0.05, 0) is 6.92 Å². The summed E-state index contributed by atoms with van der Waals surface area (Å²) in [7, 11) is -3.20. The molecule has 0 bridgehead atoms. The zero-order valence-electron chi connectivity index (χ0n) is 5.31. The number of hydrogen-bond acceptors (Lipinski definition) is 3. The molecule has 0 aromatic heterocycles. The standard InChI is InChI=1S/C2H6O.CH5O4P/c1-2-3;1-5-6(2,3)4/h3H,2H2,1H3;1H3,(H2,2,3,4). The van der Waals surface area contributed by atoms with E-state index in [4.69, 9.17) is 14.9 Å². The Hall–Kier alpha value is 0.0700. The van der Waals surface area contributed by atoms with Crippen LogP contribution in [-0.2, 0) is 9.09 Å². The second-order valence-electron chi connectivity index (χ2n) is 0.989. The lowest BCUT2D eigenvalue weighted by Crippen LogP contribution is -1.76. The lowest BCUT2D eigenvalue weighted by atomic mass is 10.9. The molecule has 0 spiro atoms. The van der Waals surface area contributed by atoms with E-state index < -0.39 is 7.82 Å². The summed E-state index contributed by atoms with van der Waals surface area (Å²) in [5.41, 5.74) is 0. The summed E-state index contributed by atoms with van der Waals surface area (Å²) in [5, 5.41) is 7.57. The SMILES string of the molecule is CCO.COP(=O)(O)O. The number of rotatable bonds is 1. The lowest BCUT2D eigenvalue weighted by molar-refractivity contribution is 0.235. The second-order valence-corrected chi connectivity index (χ2v) is 2.34. The van der Waals surface area contributed by atoms with E-state index in [1.54, 1.807) is 6.92 Å². The van der Waals surface area contributed by atoms with Crippen LogP contribution < -0.4 is 0 Å². The van der Waals surface area contributed by atoms with Crippen molar-refractivity contribution in [1.29, 1.82) is 0 Å². The average Bonchev–Trinajstić information content (AvgIpc) is 1.67. The molecule has 0 saturated heterocycles. The monoisotopic (exact) mass is 158 g/mol. The van der Waals surface area contributed by atoms with E-state index in [1.165, 1.54) is 0 Å². The normalized spacial score (nSPS) is 9.89. The first-order chi connectivity index (χ1) is 3.97. The van der Waals surface area contributed by atoms with E-state index in [1.807, 2.05) is 0 Å². The summed E-state index contributed by atoms with van der Waals surface area (Å²) < 4.78 is 13.1. The van der Waals surface area contributed by atoms with Gasteiger partial charge in [-0.3, -0.25) is 4.52 Å². The summed E-state index contributed by atoms with van der Waals surface area (Å²) in [4.78, 5) is 15.4. The minimum Gasteiger partial charge on any atom is -0.397 e. The highest BCUT2D eigenvalue weighted by atomic mass is 31.2. The molecule has 0 aliphatic carbocycles. The van der Waals surface area contributed by atoms with Crippen LogP contribution in [0.4, 0.5) is 0 Å². The van der Waals surface area contributed by atoms with Gasteiger partial charge in [-0.25, -0.2) is 4.57 Å². The number of phosphoric ester groups is 1. The molecule has 0 atom stereocenters. The third-order valence-electron chi connectivity index (χ3n) is 0.238. The van der Waals surface area contributed by atoms with Gasteiger partial charge in [0.1, 0.15) is 0 Å². The third kappa shape index (κ3) is 31.5. The average molecular weight is 158 g/mol. The van der Waals surface area contributed by atoms with Crippen molar-refractivity contribution in [3.8, 4) is 0 Å². The van der Waals surface area contributed by atoms with Crippen molar-refractivity contribution >= 4 is 7.82 Å². The van der Waals surface area contributed by atoms with Crippen LogP contribution in [0.25, 0.3) is 0 Å². The predicted octanol–water partition coefficient (Wildman–Crippen LogP) is -0.276. The minimum absolute atomic E-state index is 0.250. The maximum Gasteiger partial charge on any atom is 0.469 e. The minimum atomic E-state index is -4.15. The molecule has 0 aromatic rings. The van der Waals surface area contributed by atoms with Gasteiger partial charge in [0.15, 0.2) is 0 Å². The summed E-state index contributed by atoms with van der Waals surface area (Å²) in [6, 6.07) is 0. The fourth-order valence-corrected chi connectivity index (χ4v) is 0. The van der Waals surface area contributed by atoms with Gasteiger partial charge in [-0.2, -0.15) is 0 Å². The molecule has 0 aromatic carbocycles. The molecule has 0 saturated carbocycles. The molecule has 6 heteroatoms. The van der Waals surface area contributed by atoms with E-state index in [0.29, 0.717) is 0 Å². The fourth-order valence-electron chi connectivity index (χ4n) is 0. The summed E-state index contributed by atoms with van der Waals surface area (Å²) in [6.45, 7) is 1.93.